The molecule has 0 aliphatic heterocycles. The number of nitrogens with two attached hydrogens (primary N) is 1. The highest BCUT2D eigenvalue weighted by atomic mass is 19.2. The standard InChI is InChI=1S/C18H7F8NO2/c19-11-6(10-13(21)16(24)18(26)17(25)14(10)22)4-9(12(20)15(11)23)29-5-1-2-8(28)7(27)3-5/h1-4,28H,27H2. The van der Waals surface area contributed by atoms with Crippen LogP contribution in [0.4, 0.5) is 40.8 Å². The molecule has 3 rings (SSSR count). The summed E-state index contributed by atoms with van der Waals surface area (Å²) < 4.78 is 115. The summed E-state index contributed by atoms with van der Waals surface area (Å²) in [4.78, 5) is 0. The van der Waals surface area contributed by atoms with E-state index < -0.39 is 63.4 Å². The minimum absolute atomic E-state index is 0.217. The molecular formula is C18H7F8NO2. The van der Waals surface area contributed by atoms with E-state index in [0.29, 0.717) is 0 Å². The average Bonchev–Trinajstić information content (AvgIpc) is 2.69. The molecule has 0 aliphatic carbocycles. The lowest BCUT2D eigenvalue weighted by molar-refractivity contribution is 0.378. The van der Waals surface area contributed by atoms with Crippen molar-refractivity contribution in [2.24, 2.45) is 0 Å². The van der Waals surface area contributed by atoms with Crippen LogP contribution in [0, 0.1) is 46.5 Å². The average molecular weight is 421 g/mol. The van der Waals surface area contributed by atoms with Gasteiger partial charge in [0.05, 0.1) is 11.3 Å². The number of benzene rings is 3. The lowest BCUT2D eigenvalue weighted by atomic mass is 10.0. The molecule has 0 bridgehead atoms. The molecule has 0 atom stereocenters. The minimum atomic E-state index is -2.51. The maximum absolute atomic E-state index is 14.1. The molecule has 0 aliphatic rings. The number of nitrogen functional groups attached to an aromatic ring is 1. The lowest BCUT2D eigenvalue weighted by Crippen LogP contribution is -2.07. The predicted octanol–water partition coefficient (Wildman–Crippen LogP) is 5.55. The normalized spacial score (nSPS) is 11.0. The van der Waals surface area contributed by atoms with Crippen molar-refractivity contribution in [2.75, 3.05) is 5.73 Å². The first kappa shape index (κ1) is 20.2. The van der Waals surface area contributed by atoms with E-state index in [1.165, 1.54) is 0 Å². The lowest BCUT2D eigenvalue weighted by Gasteiger charge is -2.14. The summed E-state index contributed by atoms with van der Waals surface area (Å²) in [6, 6.07) is 3.21. The van der Waals surface area contributed by atoms with E-state index >= 15 is 0 Å². The Hall–Kier alpha value is -3.50. The van der Waals surface area contributed by atoms with Crippen LogP contribution in [-0.4, -0.2) is 5.11 Å². The summed E-state index contributed by atoms with van der Waals surface area (Å²) in [5.74, 6) is -20.5. The Balaban J connectivity index is 2.24. The zero-order valence-corrected chi connectivity index (χ0v) is 13.8. The van der Waals surface area contributed by atoms with Gasteiger partial charge in [-0.1, -0.05) is 0 Å². The van der Waals surface area contributed by atoms with Crippen LogP contribution < -0.4 is 10.5 Å². The number of hydrogen-bond acceptors (Lipinski definition) is 3. The van der Waals surface area contributed by atoms with Crippen LogP contribution in [0.2, 0.25) is 0 Å². The summed E-state index contributed by atoms with van der Waals surface area (Å²) in [5.41, 5.74) is 1.87. The van der Waals surface area contributed by atoms with Crippen molar-refractivity contribution >= 4 is 5.69 Å². The summed E-state index contributed by atoms with van der Waals surface area (Å²) in [6.07, 6.45) is 0. The highest BCUT2D eigenvalue weighted by molar-refractivity contribution is 5.68. The van der Waals surface area contributed by atoms with Crippen molar-refractivity contribution in [3.8, 4) is 28.4 Å². The molecule has 0 unspecified atom stereocenters. The second kappa shape index (κ2) is 7.15. The van der Waals surface area contributed by atoms with E-state index in [-0.39, 0.29) is 23.3 Å². The Kier molecular flexibility index (Phi) is 4.99. The number of halogens is 8. The number of rotatable bonds is 3. The molecule has 0 spiro atoms. The molecule has 3 aromatic rings. The third-order valence-corrected chi connectivity index (χ3v) is 3.82. The van der Waals surface area contributed by atoms with E-state index in [0.717, 1.165) is 18.2 Å². The number of phenols is 1. The third-order valence-electron chi connectivity index (χ3n) is 3.82. The fraction of sp³-hybridized carbons (Fsp3) is 0. The fourth-order valence-electron chi connectivity index (χ4n) is 2.40. The Labute approximate surface area is 156 Å². The number of aromatic hydroxyl groups is 1. The van der Waals surface area contributed by atoms with E-state index in [9.17, 15) is 40.2 Å². The quantitative estimate of drug-likeness (QED) is 0.192. The summed E-state index contributed by atoms with van der Waals surface area (Å²) in [6.45, 7) is 0. The van der Waals surface area contributed by atoms with Gasteiger partial charge in [-0.2, -0.15) is 4.39 Å². The first-order chi connectivity index (χ1) is 13.5. The largest absolute Gasteiger partial charge is 0.506 e. The molecule has 11 heteroatoms. The number of phenolic OH excluding ortho intramolecular Hbond substituents is 1. The van der Waals surface area contributed by atoms with Crippen molar-refractivity contribution < 1.29 is 45.0 Å². The molecular weight excluding hydrogens is 414 g/mol. The first-order valence-corrected chi connectivity index (χ1v) is 7.50. The molecule has 3 nitrogen and oxygen atoms in total. The molecule has 0 saturated carbocycles. The van der Waals surface area contributed by atoms with E-state index in [1.807, 2.05) is 0 Å². The van der Waals surface area contributed by atoms with Gasteiger partial charge in [0.15, 0.2) is 40.7 Å². The fourth-order valence-corrected chi connectivity index (χ4v) is 2.40. The van der Waals surface area contributed by atoms with Gasteiger partial charge in [-0.3, -0.25) is 0 Å². The van der Waals surface area contributed by atoms with Crippen molar-refractivity contribution in [3.05, 3.63) is 70.8 Å². The monoisotopic (exact) mass is 421 g/mol. The minimum Gasteiger partial charge on any atom is -0.506 e. The number of hydrogen-bond donors (Lipinski definition) is 2. The predicted molar refractivity (Wildman–Crippen MR) is 84.1 cm³/mol. The highest BCUT2D eigenvalue weighted by Gasteiger charge is 2.31. The molecule has 3 aromatic carbocycles. The molecule has 3 N–H and O–H groups in total. The van der Waals surface area contributed by atoms with Crippen LogP contribution in [0.3, 0.4) is 0 Å². The topological polar surface area (TPSA) is 55.5 Å². The van der Waals surface area contributed by atoms with Crippen LogP contribution in [0.1, 0.15) is 0 Å². The Morgan fingerprint density at radius 3 is 1.72 bits per heavy atom. The number of anilines is 1. The Morgan fingerprint density at radius 1 is 0.655 bits per heavy atom. The van der Waals surface area contributed by atoms with Crippen LogP contribution in [0.5, 0.6) is 17.2 Å². The van der Waals surface area contributed by atoms with Gasteiger partial charge < -0.3 is 15.6 Å². The van der Waals surface area contributed by atoms with Gasteiger partial charge in [-0.15, -0.1) is 0 Å². The van der Waals surface area contributed by atoms with Gasteiger partial charge in [0.25, 0.3) is 0 Å². The van der Waals surface area contributed by atoms with Gasteiger partial charge in [0.1, 0.15) is 11.5 Å². The molecule has 0 fully saturated rings. The smallest absolute Gasteiger partial charge is 0.204 e. The van der Waals surface area contributed by atoms with E-state index in [2.05, 4.69) is 0 Å². The number of ether oxygens (including phenoxy) is 1. The van der Waals surface area contributed by atoms with E-state index in [1.54, 1.807) is 0 Å². The maximum Gasteiger partial charge on any atom is 0.204 e. The zero-order valence-electron chi connectivity index (χ0n) is 13.8. The highest BCUT2D eigenvalue weighted by Crippen LogP contribution is 2.39. The second-order valence-corrected chi connectivity index (χ2v) is 5.63. The van der Waals surface area contributed by atoms with Crippen molar-refractivity contribution in [1.29, 1.82) is 0 Å². The second-order valence-electron chi connectivity index (χ2n) is 5.63. The van der Waals surface area contributed by atoms with Crippen LogP contribution in [-0.2, 0) is 0 Å². The SMILES string of the molecule is Nc1cc(Oc2cc(-c3c(F)c(F)c(F)c(F)c3F)c(F)c(F)c2F)ccc1O. The first-order valence-electron chi connectivity index (χ1n) is 7.50. The Morgan fingerprint density at radius 2 is 1.17 bits per heavy atom. The van der Waals surface area contributed by atoms with Crippen LogP contribution in [0.25, 0.3) is 11.1 Å². The molecule has 152 valence electrons. The summed E-state index contributed by atoms with van der Waals surface area (Å²) in [5, 5.41) is 9.32. The molecule has 0 amide bonds. The van der Waals surface area contributed by atoms with Crippen LogP contribution in [0.15, 0.2) is 24.3 Å². The van der Waals surface area contributed by atoms with Gasteiger partial charge in [0.2, 0.25) is 11.6 Å². The third kappa shape index (κ3) is 3.28. The molecule has 0 heterocycles. The molecule has 0 aromatic heterocycles. The van der Waals surface area contributed by atoms with Gasteiger partial charge in [0, 0.05) is 11.6 Å². The van der Waals surface area contributed by atoms with Gasteiger partial charge in [-0.05, 0) is 18.2 Å². The zero-order chi connectivity index (χ0) is 21.6. The Bertz CT molecular complexity index is 1120. The maximum atomic E-state index is 14.1. The summed E-state index contributed by atoms with van der Waals surface area (Å²) in [7, 11) is 0. The van der Waals surface area contributed by atoms with Gasteiger partial charge in [-0.25, -0.2) is 30.7 Å². The van der Waals surface area contributed by atoms with E-state index in [4.69, 9.17) is 10.5 Å². The van der Waals surface area contributed by atoms with Crippen molar-refractivity contribution in [1.82, 2.24) is 0 Å². The van der Waals surface area contributed by atoms with Crippen molar-refractivity contribution in [3.63, 3.8) is 0 Å². The molecule has 29 heavy (non-hydrogen) atoms. The molecule has 0 saturated heterocycles. The van der Waals surface area contributed by atoms with Crippen LogP contribution >= 0.6 is 0 Å². The molecule has 0 radical (unpaired) electrons. The summed E-state index contributed by atoms with van der Waals surface area (Å²) >= 11 is 0. The van der Waals surface area contributed by atoms with Crippen molar-refractivity contribution in [2.45, 2.75) is 0 Å². The van der Waals surface area contributed by atoms with Gasteiger partial charge >= 0.3 is 0 Å².